The van der Waals surface area contributed by atoms with Crippen LogP contribution in [0.25, 0.3) is 0 Å². The van der Waals surface area contributed by atoms with Crippen LogP contribution in [0.4, 0.5) is 0 Å². The van der Waals surface area contributed by atoms with Crippen molar-refractivity contribution in [2.75, 3.05) is 6.61 Å². The van der Waals surface area contributed by atoms with Gasteiger partial charge in [-0.1, -0.05) is 23.2 Å². The first-order valence-electron chi connectivity index (χ1n) is 3.88. The first-order valence-corrected chi connectivity index (χ1v) is 4.64. The van der Waals surface area contributed by atoms with Gasteiger partial charge < -0.3 is 0 Å². The molecule has 0 atom stereocenters. The Morgan fingerprint density at radius 2 is 2.36 bits per heavy atom. The Balaban J connectivity index is 2.76. The summed E-state index contributed by atoms with van der Waals surface area (Å²) in [5.74, 6) is -0.405. The second kappa shape index (κ2) is 5.14. The van der Waals surface area contributed by atoms with E-state index in [1.54, 1.807) is 6.92 Å². The minimum Gasteiger partial charge on any atom is -0.274 e. The van der Waals surface area contributed by atoms with Crippen LogP contribution in [0.1, 0.15) is 17.3 Å². The Morgan fingerprint density at radius 3 is 2.93 bits per heavy atom. The van der Waals surface area contributed by atoms with E-state index in [0.29, 0.717) is 12.2 Å². The molecule has 1 rings (SSSR count). The molecule has 0 saturated carbocycles. The molecule has 1 aromatic rings. The molecule has 0 aliphatic heterocycles. The van der Waals surface area contributed by atoms with Crippen molar-refractivity contribution in [3.63, 3.8) is 0 Å². The second-order valence-electron chi connectivity index (χ2n) is 2.36. The van der Waals surface area contributed by atoms with Crippen LogP contribution in [-0.2, 0) is 4.84 Å². The topological polar surface area (TPSA) is 51.2 Å². The summed E-state index contributed by atoms with van der Waals surface area (Å²) in [4.78, 5) is 19.7. The molecule has 1 amide bonds. The molecule has 0 radical (unpaired) electrons. The summed E-state index contributed by atoms with van der Waals surface area (Å²) in [5, 5.41) is 0.399. The Labute approximate surface area is 91.1 Å². The van der Waals surface area contributed by atoms with Crippen LogP contribution in [0.5, 0.6) is 0 Å². The van der Waals surface area contributed by atoms with Crippen molar-refractivity contribution in [3.8, 4) is 0 Å². The summed E-state index contributed by atoms with van der Waals surface area (Å²) in [6.07, 6.45) is 1.32. The maximum Gasteiger partial charge on any atom is 0.276 e. The molecule has 6 heteroatoms. The zero-order valence-corrected chi connectivity index (χ0v) is 8.89. The predicted molar refractivity (Wildman–Crippen MR) is 53.3 cm³/mol. The van der Waals surface area contributed by atoms with Gasteiger partial charge in [0.05, 0.1) is 17.2 Å². The highest BCUT2D eigenvalue weighted by Gasteiger charge is 2.08. The number of carbonyl (C=O) groups excluding carboxylic acids is 1. The van der Waals surface area contributed by atoms with Gasteiger partial charge in [-0.15, -0.1) is 0 Å². The summed E-state index contributed by atoms with van der Waals surface area (Å²) in [6.45, 7) is 2.15. The lowest BCUT2D eigenvalue weighted by atomic mass is 10.3. The van der Waals surface area contributed by atoms with Crippen molar-refractivity contribution in [2.45, 2.75) is 6.92 Å². The molecule has 0 aromatic carbocycles. The van der Waals surface area contributed by atoms with Crippen LogP contribution in [0.3, 0.4) is 0 Å². The standard InChI is InChI=1S/C8H8Cl2N2O2/c1-2-14-12-8(13)5-3-6(9)7(10)11-4-5/h3-4H,2H2,1H3,(H,12,13). The average molecular weight is 235 g/mol. The fraction of sp³-hybridized carbons (Fsp3) is 0.250. The highest BCUT2D eigenvalue weighted by Crippen LogP contribution is 2.19. The van der Waals surface area contributed by atoms with E-state index in [4.69, 9.17) is 28.0 Å². The second-order valence-corrected chi connectivity index (χ2v) is 3.13. The summed E-state index contributed by atoms with van der Waals surface area (Å²) < 4.78 is 0. The lowest BCUT2D eigenvalue weighted by molar-refractivity contribution is 0.0364. The molecule has 0 unspecified atom stereocenters. The number of hydrogen-bond donors (Lipinski definition) is 1. The van der Waals surface area contributed by atoms with Crippen LogP contribution in [0.15, 0.2) is 12.3 Å². The number of amides is 1. The third-order valence-electron chi connectivity index (χ3n) is 1.37. The predicted octanol–water partition coefficient (Wildman–Crippen LogP) is 2.07. The van der Waals surface area contributed by atoms with Crippen molar-refractivity contribution in [1.82, 2.24) is 10.5 Å². The van der Waals surface area contributed by atoms with Crippen molar-refractivity contribution in [1.29, 1.82) is 0 Å². The lowest BCUT2D eigenvalue weighted by Crippen LogP contribution is -2.23. The van der Waals surface area contributed by atoms with Gasteiger partial charge in [-0.25, -0.2) is 10.5 Å². The van der Waals surface area contributed by atoms with E-state index in [1.165, 1.54) is 12.3 Å². The molecular weight excluding hydrogens is 227 g/mol. The summed E-state index contributed by atoms with van der Waals surface area (Å²) in [6, 6.07) is 1.42. The lowest BCUT2D eigenvalue weighted by Gasteiger charge is -2.03. The fourth-order valence-electron chi connectivity index (χ4n) is 0.742. The number of nitrogens with one attached hydrogen (secondary N) is 1. The Kier molecular flexibility index (Phi) is 4.13. The maximum atomic E-state index is 11.3. The highest BCUT2D eigenvalue weighted by molar-refractivity contribution is 6.41. The first kappa shape index (κ1) is 11.2. The average Bonchev–Trinajstić information content (AvgIpc) is 2.18. The summed E-state index contributed by atoms with van der Waals surface area (Å²) >= 11 is 11.3. The number of pyridine rings is 1. The van der Waals surface area contributed by atoms with Crippen LogP contribution in [0, 0.1) is 0 Å². The number of aromatic nitrogens is 1. The largest absolute Gasteiger partial charge is 0.276 e. The SMILES string of the molecule is CCONC(=O)c1cnc(Cl)c(Cl)c1. The van der Waals surface area contributed by atoms with Crippen molar-refractivity contribution < 1.29 is 9.63 Å². The van der Waals surface area contributed by atoms with E-state index in [0.717, 1.165) is 0 Å². The monoisotopic (exact) mass is 234 g/mol. The molecule has 14 heavy (non-hydrogen) atoms. The normalized spacial score (nSPS) is 9.93. The molecule has 0 fully saturated rings. The molecule has 76 valence electrons. The number of nitrogens with zero attached hydrogens (tertiary/aromatic N) is 1. The first-order chi connectivity index (χ1) is 6.65. The number of carbonyl (C=O) groups is 1. The van der Waals surface area contributed by atoms with Crippen LogP contribution in [-0.4, -0.2) is 17.5 Å². The van der Waals surface area contributed by atoms with Crippen molar-refractivity contribution in [2.24, 2.45) is 0 Å². The zero-order valence-electron chi connectivity index (χ0n) is 7.38. The molecular formula is C8H8Cl2N2O2. The van der Waals surface area contributed by atoms with Gasteiger partial charge in [-0.2, -0.15) is 0 Å². The van der Waals surface area contributed by atoms with Gasteiger partial charge in [0.1, 0.15) is 5.15 Å². The van der Waals surface area contributed by atoms with Crippen LogP contribution >= 0.6 is 23.2 Å². The molecule has 1 aromatic heterocycles. The summed E-state index contributed by atoms with van der Waals surface area (Å²) in [5.41, 5.74) is 2.51. The minimum absolute atomic E-state index is 0.166. The van der Waals surface area contributed by atoms with E-state index in [-0.39, 0.29) is 10.2 Å². The number of hydrogen-bond acceptors (Lipinski definition) is 3. The third kappa shape index (κ3) is 2.83. The van der Waals surface area contributed by atoms with Gasteiger partial charge in [-0.05, 0) is 13.0 Å². The molecule has 1 heterocycles. The summed E-state index contributed by atoms with van der Waals surface area (Å²) in [7, 11) is 0. The minimum atomic E-state index is -0.405. The molecule has 0 saturated heterocycles. The quantitative estimate of drug-likeness (QED) is 0.644. The van der Waals surface area contributed by atoms with Gasteiger partial charge in [0.15, 0.2) is 0 Å². The number of rotatable bonds is 3. The third-order valence-corrected chi connectivity index (χ3v) is 2.05. The van der Waals surface area contributed by atoms with Gasteiger partial charge >= 0.3 is 0 Å². The van der Waals surface area contributed by atoms with E-state index in [9.17, 15) is 4.79 Å². The molecule has 4 nitrogen and oxygen atoms in total. The molecule has 0 spiro atoms. The molecule has 0 aliphatic rings. The van der Waals surface area contributed by atoms with Gasteiger partial charge in [0.2, 0.25) is 0 Å². The number of halogens is 2. The van der Waals surface area contributed by atoms with Crippen LogP contribution in [0.2, 0.25) is 10.2 Å². The highest BCUT2D eigenvalue weighted by atomic mass is 35.5. The van der Waals surface area contributed by atoms with Crippen molar-refractivity contribution in [3.05, 3.63) is 28.0 Å². The Hall–Kier alpha value is -0.840. The van der Waals surface area contributed by atoms with Crippen molar-refractivity contribution >= 4 is 29.1 Å². The molecule has 1 N–H and O–H groups in total. The zero-order chi connectivity index (χ0) is 10.6. The van der Waals surface area contributed by atoms with E-state index in [2.05, 4.69) is 10.5 Å². The maximum absolute atomic E-state index is 11.3. The van der Waals surface area contributed by atoms with Gasteiger partial charge in [0, 0.05) is 6.20 Å². The van der Waals surface area contributed by atoms with Crippen LogP contribution < -0.4 is 5.48 Å². The molecule has 0 aliphatic carbocycles. The van der Waals surface area contributed by atoms with Gasteiger partial charge in [0.25, 0.3) is 5.91 Å². The fourth-order valence-corrected chi connectivity index (χ4v) is 1.01. The van der Waals surface area contributed by atoms with Gasteiger partial charge in [-0.3, -0.25) is 9.63 Å². The van der Waals surface area contributed by atoms with E-state index in [1.807, 2.05) is 0 Å². The molecule has 0 bridgehead atoms. The smallest absolute Gasteiger partial charge is 0.274 e. The number of hydroxylamine groups is 1. The Bertz CT molecular complexity index is 344. The van der Waals surface area contributed by atoms with E-state index >= 15 is 0 Å². The Morgan fingerprint density at radius 1 is 1.64 bits per heavy atom. The van der Waals surface area contributed by atoms with E-state index < -0.39 is 5.91 Å².